The zero-order valence-electron chi connectivity index (χ0n) is 10.7. The van der Waals surface area contributed by atoms with Crippen LogP contribution < -0.4 is 4.74 Å². The van der Waals surface area contributed by atoms with Crippen LogP contribution >= 0.6 is 0 Å². The van der Waals surface area contributed by atoms with E-state index in [1.807, 2.05) is 6.07 Å². The second kappa shape index (κ2) is 5.67. The Bertz CT molecular complexity index is 718. The fourth-order valence-electron chi connectivity index (χ4n) is 1.59. The molecule has 1 aromatic carbocycles. The Morgan fingerprint density at radius 2 is 2.00 bits per heavy atom. The molecule has 1 aromatic heterocycles. The summed E-state index contributed by atoms with van der Waals surface area (Å²) in [5, 5.41) is 9.04. The zero-order valence-corrected chi connectivity index (χ0v) is 10.7. The Labute approximate surface area is 118 Å². The van der Waals surface area contributed by atoms with Crippen LogP contribution in [0, 0.1) is 11.3 Å². The van der Waals surface area contributed by atoms with Crippen LogP contribution in [0.25, 0.3) is 6.08 Å². The van der Waals surface area contributed by atoms with Crippen LogP contribution in [0.3, 0.4) is 0 Å². The van der Waals surface area contributed by atoms with Gasteiger partial charge in [0.25, 0.3) is 0 Å². The molecular weight excluding hydrogens is 281 g/mol. The fourth-order valence-corrected chi connectivity index (χ4v) is 1.59. The van der Waals surface area contributed by atoms with Crippen molar-refractivity contribution in [1.82, 2.24) is 4.98 Å². The van der Waals surface area contributed by atoms with E-state index in [1.54, 1.807) is 12.1 Å². The van der Waals surface area contributed by atoms with Crippen molar-refractivity contribution in [2.45, 2.75) is 6.18 Å². The van der Waals surface area contributed by atoms with Crippen LogP contribution in [0.1, 0.15) is 16.8 Å². The van der Waals surface area contributed by atoms with Crippen LogP contribution in [0.15, 0.2) is 43.0 Å². The number of aromatic nitrogens is 1. The van der Waals surface area contributed by atoms with Gasteiger partial charge in [-0.3, -0.25) is 0 Å². The third-order valence-electron chi connectivity index (χ3n) is 2.59. The number of nitrogens with zero attached hydrogens (tertiary/aromatic N) is 2. The number of halogens is 3. The van der Waals surface area contributed by atoms with Crippen molar-refractivity contribution in [3.05, 3.63) is 59.8 Å². The summed E-state index contributed by atoms with van der Waals surface area (Å²) in [4.78, 5) is 3.38. The largest absolute Gasteiger partial charge is 0.438 e. The lowest BCUT2D eigenvalue weighted by molar-refractivity contribution is -0.141. The van der Waals surface area contributed by atoms with Crippen molar-refractivity contribution >= 4 is 6.08 Å². The van der Waals surface area contributed by atoms with Gasteiger partial charge in [-0.05, 0) is 23.8 Å². The van der Waals surface area contributed by atoms with Gasteiger partial charge < -0.3 is 4.74 Å². The quantitative estimate of drug-likeness (QED) is 0.841. The van der Waals surface area contributed by atoms with Gasteiger partial charge in [-0.25, -0.2) is 4.98 Å². The summed E-state index contributed by atoms with van der Waals surface area (Å²) in [6.07, 6.45) is -3.00. The molecule has 0 unspecified atom stereocenters. The molecule has 21 heavy (non-hydrogen) atoms. The summed E-state index contributed by atoms with van der Waals surface area (Å²) in [6, 6.07) is 9.88. The summed E-state index contributed by atoms with van der Waals surface area (Å²) in [5.74, 6) is -0.0948. The molecule has 3 nitrogen and oxygen atoms in total. The van der Waals surface area contributed by atoms with E-state index < -0.39 is 11.9 Å². The Balaban J connectivity index is 2.35. The highest BCUT2D eigenvalue weighted by atomic mass is 19.4. The van der Waals surface area contributed by atoms with E-state index in [0.717, 1.165) is 6.07 Å². The first-order chi connectivity index (χ1) is 9.94. The minimum atomic E-state index is -4.55. The van der Waals surface area contributed by atoms with Crippen molar-refractivity contribution in [3.63, 3.8) is 0 Å². The summed E-state index contributed by atoms with van der Waals surface area (Å²) >= 11 is 0. The van der Waals surface area contributed by atoms with Crippen LogP contribution in [0.4, 0.5) is 13.2 Å². The molecule has 0 amide bonds. The lowest BCUT2D eigenvalue weighted by atomic mass is 10.1. The smallest absolute Gasteiger partial charge is 0.433 e. The van der Waals surface area contributed by atoms with Gasteiger partial charge in [-0.15, -0.1) is 0 Å². The molecule has 0 radical (unpaired) electrons. The Hall–Kier alpha value is -2.81. The monoisotopic (exact) mass is 290 g/mol. The number of pyridine rings is 1. The molecule has 0 aliphatic carbocycles. The highest BCUT2D eigenvalue weighted by Gasteiger charge is 2.32. The van der Waals surface area contributed by atoms with Gasteiger partial charge in [-0.1, -0.05) is 24.8 Å². The SMILES string of the molecule is C=Cc1ccc(Oc2cccc(C(F)(F)F)n2)c(C#N)c1. The molecule has 0 N–H and O–H groups in total. The summed E-state index contributed by atoms with van der Waals surface area (Å²) in [6.45, 7) is 3.57. The maximum absolute atomic E-state index is 12.6. The van der Waals surface area contributed by atoms with E-state index in [2.05, 4.69) is 11.6 Å². The van der Waals surface area contributed by atoms with E-state index in [0.29, 0.717) is 5.56 Å². The zero-order chi connectivity index (χ0) is 15.5. The van der Waals surface area contributed by atoms with E-state index in [4.69, 9.17) is 10.00 Å². The first-order valence-electron chi connectivity index (χ1n) is 5.82. The van der Waals surface area contributed by atoms with Crippen molar-refractivity contribution in [2.24, 2.45) is 0 Å². The average molecular weight is 290 g/mol. The Morgan fingerprint density at radius 3 is 2.62 bits per heavy atom. The Kier molecular flexibility index (Phi) is 3.94. The highest BCUT2D eigenvalue weighted by molar-refractivity contribution is 5.55. The number of benzene rings is 1. The third kappa shape index (κ3) is 3.39. The molecule has 0 saturated carbocycles. The molecule has 0 aliphatic heterocycles. The molecule has 0 spiro atoms. The number of hydrogen-bond acceptors (Lipinski definition) is 3. The standard InChI is InChI=1S/C15H9F3N2O/c1-2-10-6-7-12(11(8-10)9-19)21-14-5-3-4-13(20-14)15(16,17)18/h2-8H,1H2. The van der Waals surface area contributed by atoms with Crippen molar-refractivity contribution in [3.8, 4) is 17.7 Å². The van der Waals surface area contributed by atoms with Crippen LogP contribution in [0.5, 0.6) is 11.6 Å². The van der Waals surface area contributed by atoms with Crippen molar-refractivity contribution in [1.29, 1.82) is 5.26 Å². The lowest BCUT2D eigenvalue weighted by Crippen LogP contribution is -2.08. The van der Waals surface area contributed by atoms with Gasteiger partial charge in [-0.2, -0.15) is 18.4 Å². The molecule has 0 saturated heterocycles. The van der Waals surface area contributed by atoms with Crippen LogP contribution in [-0.4, -0.2) is 4.98 Å². The maximum Gasteiger partial charge on any atom is 0.433 e. The first kappa shape index (κ1) is 14.6. The topological polar surface area (TPSA) is 45.9 Å². The fraction of sp³-hybridized carbons (Fsp3) is 0.0667. The van der Waals surface area contributed by atoms with Crippen molar-refractivity contribution < 1.29 is 17.9 Å². The molecule has 106 valence electrons. The summed E-state index contributed by atoms with van der Waals surface area (Å²) in [7, 11) is 0. The Morgan fingerprint density at radius 1 is 1.24 bits per heavy atom. The molecular formula is C15H9F3N2O. The van der Waals surface area contributed by atoms with Gasteiger partial charge in [0.15, 0.2) is 0 Å². The van der Waals surface area contributed by atoms with E-state index >= 15 is 0 Å². The van der Waals surface area contributed by atoms with E-state index in [9.17, 15) is 13.2 Å². The van der Waals surface area contributed by atoms with Crippen LogP contribution in [-0.2, 0) is 6.18 Å². The third-order valence-corrected chi connectivity index (χ3v) is 2.59. The molecule has 2 aromatic rings. The second-order valence-electron chi connectivity index (χ2n) is 4.03. The molecule has 0 atom stereocenters. The average Bonchev–Trinajstić information content (AvgIpc) is 2.47. The minimum Gasteiger partial charge on any atom is -0.438 e. The van der Waals surface area contributed by atoms with E-state index in [1.165, 1.54) is 24.3 Å². The maximum atomic E-state index is 12.6. The number of rotatable bonds is 3. The molecule has 0 bridgehead atoms. The lowest BCUT2D eigenvalue weighted by Gasteiger charge is -2.10. The number of nitriles is 1. The second-order valence-corrected chi connectivity index (χ2v) is 4.03. The normalized spacial score (nSPS) is 10.8. The van der Waals surface area contributed by atoms with Crippen molar-refractivity contribution in [2.75, 3.05) is 0 Å². The van der Waals surface area contributed by atoms with Crippen LogP contribution in [0.2, 0.25) is 0 Å². The predicted molar refractivity (Wildman–Crippen MR) is 70.6 cm³/mol. The molecule has 0 fully saturated rings. The summed E-state index contributed by atoms with van der Waals surface area (Å²) in [5.41, 5.74) is -0.163. The van der Waals surface area contributed by atoms with Gasteiger partial charge in [0, 0.05) is 6.07 Å². The predicted octanol–water partition coefficient (Wildman–Crippen LogP) is 4.41. The number of ether oxygens (including phenoxy) is 1. The summed E-state index contributed by atoms with van der Waals surface area (Å²) < 4.78 is 43.0. The van der Waals surface area contributed by atoms with Gasteiger partial charge >= 0.3 is 6.18 Å². The molecule has 6 heteroatoms. The molecule has 1 heterocycles. The molecule has 2 rings (SSSR count). The first-order valence-corrected chi connectivity index (χ1v) is 5.82. The minimum absolute atomic E-state index is 0.134. The van der Waals surface area contributed by atoms with Gasteiger partial charge in [0.1, 0.15) is 17.5 Å². The van der Waals surface area contributed by atoms with Gasteiger partial charge in [0.2, 0.25) is 5.88 Å². The molecule has 0 aliphatic rings. The van der Waals surface area contributed by atoms with E-state index in [-0.39, 0.29) is 17.2 Å². The number of hydrogen-bond donors (Lipinski definition) is 0. The number of alkyl halides is 3. The van der Waals surface area contributed by atoms with Gasteiger partial charge in [0.05, 0.1) is 5.56 Å². The highest BCUT2D eigenvalue weighted by Crippen LogP contribution is 2.30.